The zero-order valence-corrected chi connectivity index (χ0v) is 18.0. The van der Waals surface area contributed by atoms with Crippen molar-refractivity contribution in [3.63, 3.8) is 0 Å². The van der Waals surface area contributed by atoms with Crippen LogP contribution in [0.15, 0.2) is 77.7 Å². The van der Waals surface area contributed by atoms with E-state index in [1.807, 2.05) is 12.1 Å². The molecule has 0 saturated heterocycles. The minimum Gasteiger partial charge on any atom is -0.497 e. The Bertz CT molecular complexity index is 1050. The van der Waals surface area contributed by atoms with Crippen molar-refractivity contribution in [3.05, 3.63) is 81.9 Å². The molecule has 4 nitrogen and oxygen atoms in total. The van der Waals surface area contributed by atoms with E-state index >= 15 is 0 Å². The highest BCUT2D eigenvalue weighted by Gasteiger charge is 2.30. The Morgan fingerprint density at radius 3 is 1.90 bits per heavy atom. The van der Waals surface area contributed by atoms with Gasteiger partial charge in [-0.25, -0.2) is 0 Å². The molecule has 154 valence electrons. The number of ether oxygens (including phenoxy) is 1. The predicted octanol–water partition coefficient (Wildman–Crippen LogP) is 5.92. The molecule has 0 aliphatic carbocycles. The van der Waals surface area contributed by atoms with Crippen molar-refractivity contribution < 1.29 is 30.9 Å². The summed E-state index contributed by atoms with van der Waals surface area (Å²) in [5.74, 6) is 0.893. The summed E-state index contributed by atoms with van der Waals surface area (Å²) in [5.41, 5.74) is 1.52. The summed E-state index contributed by atoms with van der Waals surface area (Å²) < 4.78 is 71.8. The Hall–Kier alpha value is -2.11. The molecule has 3 aromatic carbocycles. The van der Waals surface area contributed by atoms with E-state index < -0.39 is 26.8 Å². The SMILES string of the molecule is COc1ccc(-c2ccccc2I)cc1.O=S(=O)(O)c1ccc(C(F)(F)F)cc1. The zero-order chi connectivity index (χ0) is 21.7. The molecule has 3 rings (SSSR count). The maximum Gasteiger partial charge on any atom is 0.416 e. The first-order chi connectivity index (χ1) is 13.5. The molecule has 0 aliphatic heterocycles. The van der Waals surface area contributed by atoms with Gasteiger partial charge in [0.1, 0.15) is 5.75 Å². The lowest BCUT2D eigenvalue weighted by molar-refractivity contribution is -0.137. The van der Waals surface area contributed by atoms with E-state index in [4.69, 9.17) is 9.29 Å². The number of benzene rings is 3. The molecule has 9 heteroatoms. The van der Waals surface area contributed by atoms with Crippen LogP contribution < -0.4 is 4.74 Å². The second kappa shape index (κ2) is 9.59. The van der Waals surface area contributed by atoms with E-state index in [0.717, 1.165) is 5.75 Å². The lowest BCUT2D eigenvalue weighted by Crippen LogP contribution is -2.05. The van der Waals surface area contributed by atoms with Gasteiger partial charge in [-0.15, -0.1) is 0 Å². The molecule has 29 heavy (non-hydrogen) atoms. The van der Waals surface area contributed by atoms with E-state index in [2.05, 4.69) is 59.0 Å². The summed E-state index contributed by atoms with van der Waals surface area (Å²) in [6, 6.07) is 19.0. The minimum absolute atomic E-state index is 0.564. The van der Waals surface area contributed by atoms with E-state index in [-0.39, 0.29) is 0 Å². The lowest BCUT2D eigenvalue weighted by Gasteiger charge is -2.05. The summed E-state index contributed by atoms with van der Waals surface area (Å²) in [5, 5.41) is 0. The third kappa shape index (κ3) is 6.72. The van der Waals surface area contributed by atoms with Gasteiger partial charge in [-0.3, -0.25) is 4.55 Å². The van der Waals surface area contributed by atoms with Gasteiger partial charge >= 0.3 is 6.18 Å². The molecule has 0 amide bonds. The molecule has 0 spiro atoms. The average Bonchev–Trinajstić information content (AvgIpc) is 2.68. The summed E-state index contributed by atoms with van der Waals surface area (Å²) in [6.07, 6.45) is -4.52. The van der Waals surface area contributed by atoms with Crippen LogP contribution in [-0.2, 0) is 16.3 Å². The molecule has 1 N–H and O–H groups in total. The fraction of sp³-hybridized carbons (Fsp3) is 0.100. The number of hydrogen-bond donors (Lipinski definition) is 1. The van der Waals surface area contributed by atoms with Gasteiger partial charge in [0.25, 0.3) is 10.1 Å². The number of halogens is 4. The van der Waals surface area contributed by atoms with Crippen LogP contribution in [-0.4, -0.2) is 20.1 Å². The molecule has 3 aromatic rings. The zero-order valence-electron chi connectivity index (χ0n) is 15.0. The average molecular weight is 536 g/mol. The molecule has 0 aliphatic rings. The second-order valence-electron chi connectivity index (χ2n) is 5.71. The van der Waals surface area contributed by atoms with Crippen molar-refractivity contribution in [2.45, 2.75) is 11.1 Å². The molecule has 0 heterocycles. The Morgan fingerprint density at radius 1 is 0.897 bits per heavy atom. The third-order valence-corrected chi connectivity index (χ3v) is 5.56. The van der Waals surface area contributed by atoms with Crippen LogP contribution in [0.2, 0.25) is 0 Å². The third-order valence-electron chi connectivity index (χ3n) is 3.75. The van der Waals surface area contributed by atoms with Crippen LogP contribution in [0.25, 0.3) is 11.1 Å². The monoisotopic (exact) mass is 536 g/mol. The highest BCUT2D eigenvalue weighted by molar-refractivity contribution is 14.1. The normalized spacial score (nSPS) is 11.4. The van der Waals surface area contributed by atoms with E-state index in [1.54, 1.807) is 7.11 Å². The number of hydrogen-bond acceptors (Lipinski definition) is 3. The number of alkyl halides is 3. The van der Waals surface area contributed by atoms with Gasteiger partial charge in [0, 0.05) is 3.57 Å². The van der Waals surface area contributed by atoms with Gasteiger partial charge in [0.05, 0.1) is 17.6 Å². The van der Waals surface area contributed by atoms with Crippen molar-refractivity contribution in [3.8, 4) is 16.9 Å². The van der Waals surface area contributed by atoms with Crippen molar-refractivity contribution in [2.75, 3.05) is 7.11 Å². The van der Waals surface area contributed by atoms with Crippen molar-refractivity contribution >= 4 is 32.7 Å². The van der Waals surface area contributed by atoms with Gasteiger partial charge < -0.3 is 4.74 Å². The first-order valence-corrected chi connectivity index (χ1v) is 10.6. The topological polar surface area (TPSA) is 63.6 Å². The largest absolute Gasteiger partial charge is 0.497 e. The minimum atomic E-state index is -4.52. The lowest BCUT2D eigenvalue weighted by atomic mass is 10.1. The molecule has 0 bridgehead atoms. The van der Waals surface area contributed by atoms with E-state index in [0.29, 0.717) is 24.3 Å². The van der Waals surface area contributed by atoms with Gasteiger partial charge in [-0.05, 0) is 76.2 Å². The van der Waals surface area contributed by atoms with Crippen molar-refractivity contribution in [2.24, 2.45) is 0 Å². The standard InChI is InChI=1S/C13H11IO.C7H5F3O3S/c1-15-11-8-6-10(7-9-11)12-4-2-3-5-13(12)14;8-7(9,10)5-1-3-6(4-2-5)14(11,12)13/h2-9H,1H3;1-4H,(H,11,12,13). The van der Waals surface area contributed by atoms with Crippen LogP contribution in [0.5, 0.6) is 5.75 Å². The first-order valence-electron chi connectivity index (χ1n) is 8.06. The van der Waals surface area contributed by atoms with Crippen LogP contribution in [0.3, 0.4) is 0 Å². The predicted molar refractivity (Wildman–Crippen MR) is 112 cm³/mol. The number of methoxy groups -OCH3 is 1. The van der Waals surface area contributed by atoms with Crippen LogP contribution in [0, 0.1) is 3.57 Å². The smallest absolute Gasteiger partial charge is 0.416 e. The quantitative estimate of drug-likeness (QED) is 0.334. The van der Waals surface area contributed by atoms with Crippen LogP contribution in [0.1, 0.15) is 5.56 Å². The van der Waals surface area contributed by atoms with Crippen LogP contribution >= 0.6 is 22.6 Å². The van der Waals surface area contributed by atoms with Gasteiger partial charge in [0.15, 0.2) is 0 Å². The van der Waals surface area contributed by atoms with Gasteiger partial charge in [-0.1, -0.05) is 30.3 Å². The summed E-state index contributed by atoms with van der Waals surface area (Å²) >= 11 is 2.35. The second-order valence-corrected chi connectivity index (χ2v) is 8.29. The van der Waals surface area contributed by atoms with Gasteiger partial charge in [0.2, 0.25) is 0 Å². The maximum absolute atomic E-state index is 12.0. The Labute approximate surface area is 180 Å². The van der Waals surface area contributed by atoms with Crippen molar-refractivity contribution in [1.29, 1.82) is 0 Å². The van der Waals surface area contributed by atoms with Gasteiger partial charge in [-0.2, -0.15) is 21.6 Å². The number of rotatable bonds is 3. The summed E-state index contributed by atoms with van der Waals surface area (Å²) in [6.45, 7) is 0. The molecule has 0 atom stereocenters. The first kappa shape index (κ1) is 23.2. The molecule has 0 fully saturated rings. The van der Waals surface area contributed by atoms with E-state index in [9.17, 15) is 21.6 Å². The highest BCUT2D eigenvalue weighted by atomic mass is 127. The molecular formula is C20H16F3IO4S. The molecular weight excluding hydrogens is 520 g/mol. The molecule has 0 radical (unpaired) electrons. The van der Waals surface area contributed by atoms with Crippen LogP contribution in [0.4, 0.5) is 13.2 Å². The maximum atomic E-state index is 12.0. The Balaban J connectivity index is 0.000000208. The summed E-state index contributed by atoms with van der Waals surface area (Å²) in [4.78, 5) is -0.564. The molecule has 0 saturated carbocycles. The summed E-state index contributed by atoms with van der Waals surface area (Å²) in [7, 11) is -2.75. The molecule has 0 aromatic heterocycles. The Morgan fingerprint density at radius 2 is 1.45 bits per heavy atom. The fourth-order valence-corrected chi connectivity index (χ4v) is 3.46. The highest BCUT2D eigenvalue weighted by Crippen LogP contribution is 2.29. The fourth-order valence-electron chi connectivity index (χ4n) is 2.28. The van der Waals surface area contributed by atoms with E-state index in [1.165, 1.54) is 14.7 Å². The van der Waals surface area contributed by atoms with Crippen molar-refractivity contribution in [1.82, 2.24) is 0 Å². The molecule has 0 unspecified atom stereocenters. The Kier molecular flexibility index (Phi) is 7.66.